The molecule has 0 bridgehead atoms. The number of hydrogen-bond donors (Lipinski definition) is 2. The normalized spacial score (nSPS) is 33.6. The van der Waals surface area contributed by atoms with E-state index in [1.165, 1.54) is 0 Å². The number of hydrogen-bond acceptors (Lipinski definition) is 4. The highest BCUT2D eigenvalue weighted by Crippen LogP contribution is 2.22. The second-order valence-corrected chi connectivity index (χ2v) is 4.36. The van der Waals surface area contributed by atoms with Crippen LogP contribution in [0.1, 0.15) is 18.9 Å². The fourth-order valence-electron chi connectivity index (χ4n) is 1.97. The van der Waals surface area contributed by atoms with Crippen molar-refractivity contribution in [2.24, 2.45) is 0 Å². The molecule has 1 aliphatic rings. The second-order valence-electron chi connectivity index (χ2n) is 4.36. The van der Waals surface area contributed by atoms with E-state index in [2.05, 4.69) is 0 Å². The lowest BCUT2D eigenvalue weighted by molar-refractivity contribution is -0.238. The Morgan fingerprint density at radius 2 is 2.00 bits per heavy atom. The molecular weight excluding hydrogens is 220 g/mol. The fourth-order valence-corrected chi connectivity index (χ4v) is 1.97. The van der Waals surface area contributed by atoms with Crippen LogP contribution in [-0.4, -0.2) is 34.8 Å². The lowest BCUT2D eigenvalue weighted by atomic mass is 10.0. The second kappa shape index (κ2) is 5.60. The summed E-state index contributed by atoms with van der Waals surface area (Å²) in [4.78, 5) is 0. The first-order chi connectivity index (χ1) is 8.16. The highest BCUT2D eigenvalue weighted by molar-refractivity contribution is 5.13. The molecule has 94 valence electrons. The Morgan fingerprint density at radius 1 is 1.29 bits per heavy atom. The quantitative estimate of drug-likeness (QED) is 0.826. The molecule has 0 radical (unpaired) electrons. The van der Waals surface area contributed by atoms with Crippen LogP contribution in [0, 0.1) is 0 Å². The van der Waals surface area contributed by atoms with E-state index in [0.717, 1.165) is 5.56 Å². The van der Waals surface area contributed by atoms with E-state index in [1.807, 2.05) is 30.3 Å². The van der Waals surface area contributed by atoms with Crippen LogP contribution in [0.15, 0.2) is 30.3 Å². The van der Waals surface area contributed by atoms with Gasteiger partial charge in [-0.2, -0.15) is 0 Å². The Kier molecular flexibility index (Phi) is 4.12. The van der Waals surface area contributed by atoms with Crippen molar-refractivity contribution in [1.82, 2.24) is 0 Å². The van der Waals surface area contributed by atoms with E-state index in [0.29, 0.717) is 13.0 Å². The van der Waals surface area contributed by atoms with Crippen LogP contribution >= 0.6 is 0 Å². The topological polar surface area (TPSA) is 58.9 Å². The summed E-state index contributed by atoms with van der Waals surface area (Å²) in [5.41, 5.74) is 1.05. The molecule has 4 nitrogen and oxygen atoms in total. The van der Waals surface area contributed by atoms with Crippen LogP contribution in [-0.2, 0) is 16.1 Å². The predicted octanol–water partition coefficient (Wildman–Crippen LogP) is 1.06. The van der Waals surface area contributed by atoms with Gasteiger partial charge in [0.25, 0.3) is 0 Å². The molecule has 4 heteroatoms. The number of aliphatic hydroxyl groups is 2. The molecule has 0 amide bonds. The van der Waals surface area contributed by atoms with E-state index >= 15 is 0 Å². The molecule has 1 aromatic rings. The van der Waals surface area contributed by atoms with Crippen molar-refractivity contribution in [2.75, 3.05) is 0 Å². The van der Waals surface area contributed by atoms with Crippen molar-refractivity contribution >= 4 is 0 Å². The average Bonchev–Trinajstić information content (AvgIpc) is 2.33. The zero-order chi connectivity index (χ0) is 12.3. The Bertz CT molecular complexity index is 341. The average molecular weight is 238 g/mol. The molecule has 1 aromatic carbocycles. The van der Waals surface area contributed by atoms with Crippen molar-refractivity contribution in [3.05, 3.63) is 35.9 Å². The van der Waals surface area contributed by atoms with Gasteiger partial charge in [0.15, 0.2) is 6.29 Å². The summed E-state index contributed by atoms with van der Waals surface area (Å²) in [7, 11) is 0. The molecule has 2 rings (SSSR count). The first-order valence-electron chi connectivity index (χ1n) is 5.84. The van der Waals surface area contributed by atoms with Crippen molar-refractivity contribution in [3.8, 4) is 0 Å². The molecule has 1 aliphatic heterocycles. The summed E-state index contributed by atoms with van der Waals surface area (Å²) < 4.78 is 10.7. The maximum absolute atomic E-state index is 9.87. The minimum absolute atomic E-state index is 0.304. The van der Waals surface area contributed by atoms with Gasteiger partial charge in [0, 0.05) is 6.42 Å². The summed E-state index contributed by atoms with van der Waals surface area (Å²) in [6.45, 7) is 2.16. The van der Waals surface area contributed by atoms with Gasteiger partial charge in [-0.15, -0.1) is 0 Å². The molecule has 1 unspecified atom stereocenters. The van der Waals surface area contributed by atoms with Crippen LogP contribution in [0.25, 0.3) is 0 Å². The van der Waals surface area contributed by atoms with Crippen molar-refractivity contribution in [3.63, 3.8) is 0 Å². The molecule has 0 aliphatic carbocycles. The number of aliphatic hydroxyl groups excluding tert-OH is 2. The zero-order valence-electron chi connectivity index (χ0n) is 9.82. The maximum atomic E-state index is 9.87. The van der Waals surface area contributed by atoms with Crippen LogP contribution in [0.3, 0.4) is 0 Å². The summed E-state index contributed by atoms with van der Waals surface area (Å²) in [5.74, 6) is 0. The summed E-state index contributed by atoms with van der Waals surface area (Å²) in [5, 5.41) is 19.3. The van der Waals surface area contributed by atoms with Gasteiger partial charge >= 0.3 is 0 Å². The van der Waals surface area contributed by atoms with Crippen molar-refractivity contribution < 1.29 is 19.7 Å². The lowest BCUT2D eigenvalue weighted by Crippen LogP contribution is -2.47. The maximum Gasteiger partial charge on any atom is 0.157 e. The number of ether oxygens (including phenoxy) is 2. The highest BCUT2D eigenvalue weighted by Gasteiger charge is 2.35. The van der Waals surface area contributed by atoms with Gasteiger partial charge < -0.3 is 19.7 Å². The SMILES string of the molecule is C[C@H]1OC(O)C[C@@H](OCc2ccccc2)[C@@H]1O. The first kappa shape index (κ1) is 12.5. The Hall–Kier alpha value is -0.940. The molecule has 0 aromatic heterocycles. The van der Waals surface area contributed by atoms with Gasteiger partial charge in [0.05, 0.1) is 18.8 Å². The molecule has 17 heavy (non-hydrogen) atoms. The third-order valence-electron chi connectivity index (χ3n) is 2.97. The summed E-state index contributed by atoms with van der Waals surface area (Å²) in [6.07, 6.45) is -2.03. The van der Waals surface area contributed by atoms with Gasteiger partial charge in [-0.25, -0.2) is 0 Å². The van der Waals surface area contributed by atoms with Gasteiger partial charge in [-0.3, -0.25) is 0 Å². The summed E-state index contributed by atoms with van der Waals surface area (Å²) in [6, 6.07) is 9.75. The molecule has 2 N–H and O–H groups in total. The molecule has 0 saturated carbocycles. The third-order valence-corrected chi connectivity index (χ3v) is 2.97. The molecule has 1 fully saturated rings. The smallest absolute Gasteiger partial charge is 0.157 e. The van der Waals surface area contributed by atoms with Crippen LogP contribution < -0.4 is 0 Å². The minimum Gasteiger partial charge on any atom is -0.388 e. The van der Waals surface area contributed by atoms with E-state index < -0.39 is 18.5 Å². The van der Waals surface area contributed by atoms with Crippen molar-refractivity contribution in [1.29, 1.82) is 0 Å². The molecule has 0 spiro atoms. The largest absolute Gasteiger partial charge is 0.388 e. The van der Waals surface area contributed by atoms with Crippen molar-refractivity contribution in [2.45, 2.75) is 44.6 Å². The Balaban J connectivity index is 1.89. The summed E-state index contributed by atoms with van der Waals surface area (Å²) >= 11 is 0. The fraction of sp³-hybridized carbons (Fsp3) is 0.538. The van der Waals surface area contributed by atoms with E-state index in [4.69, 9.17) is 9.47 Å². The Labute approximate surface area is 101 Å². The predicted molar refractivity (Wildman–Crippen MR) is 62.2 cm³/mol. The highest BCUT2D eigenvalue weighted by atomic mass is 16.6. The molecule has 4 atom stereocenters. The van der Waals surface area contributed by atoms with E-state index in [9.17, 15) is 10.2 Å². The monoisotopic (exact) mass is 238 g/mol. The molecular formula is C13H18O4. The lowest BCUT2D eigenvalue weighted by Gasteiger charge is -2.35. The molecule has 1 saturated heterocycles. The number of rotatable bonds is 3. The zero-order valence-corrected chi connectivity index (χ0v) is 9.82. The Morgan fingerprint density at radius 3 is 2.71 bits per heavy atom. The van der Waals surface area contributed by atoms with Gasteiger partial charge in [0.2, 0.25) is 0 Å². The van der Waals surface area contributed by atoms with Crippen LogP contribution in [0.5, 0.6) is 0 Å². The van der Waals surface area contributed by atoms with Crippen LogP contribution in [0.4, 0.5) is 0 Å². The third kappa shape index (κ3) is 3.26. The van der Waals surface area contributed by atoms with E-state index in [1.54, 1.807) is 6.92 Å². The standard InChI is InChI=1S/C13H18O4/c1-9-13(15)11(7-12(14)17-9)16-8-10-5-3-2-4-6-10/h2-6,9,11-15H,7-8H2,1H3/t9-,11-,12?,13-/m1/s1. The van der Waals surface area contributed by atoms with E-state index in [-0.39, 0.29) is 6.10 Å². The first-order valence-corrected chi connectivity index (χ1v) is 5.84. The number of benzene rings is 1. The minimum atomic E-state index is -0.853. The van der Waals surface area contributed by atoms with Gasteiger partial charge in [-0.1, -0.05) is 30.3 Å². The van der Waals surface area contributed by atoms with Gasteiger partial charge in [-0.05, 0) is 12.5 Å². The van der Waals surface area contributed by atoms with Crippen LogP contribution in [0.2, 0.25) is 0 Å². The molecule has 1 heterocycles. The van der Waals surface area contributed by atoms with Gasteiger partial charge in [0.1, 0.15) is 6.10 Å².